The third-order valence-electron chi connectivity index (χ3n) is 2.03. The zero-order chi connectivity index (χ0) is 7.61. The van der Waals surface area contributed by atoms with Gasteiger partial charge in [0.15, 0.2) is 0 Å². The first kappa shape index (κ1) is 8.02. The third-order valence-corrected chi connectivity index (χ3v) is 2.03. The maximum atomic E-state index is 8.64. The quantitative estimate of drug-likeness (QED) is 0.630. The second kappa shape index (κ2) is 2.89. The van der Waals surface area contributed by atoms with Gasteiger partial charge in [-0.1, -0.05) is 0 Å². The average molecular weight is 144 g/mol. The highest BCUT2D eigenvalue weighted by atomic mass is 16.5. The Morgan fingerprint density at radius 2 is 2.30 bits per heavy atom. The maximum absolute atomic E-state index is 8.64. The van der Waals surface area contributed by atoms with Crippen molar-refractivity contribution in [1.29, 1.82) is 0 Å². The molecule has 1 rings (SSSR count). The maximum Gasteiger partial charge on any atom is 0.0630 e. The monoisotopic (exact) mass is 144 g/mol. The molecule has 0 saturated carbocycles. The Kier molecular flexibility index (Phi) is 2.32. The summed E-state index contributed by atoms with van der Waals surface area (Å²) >= 11 is 0. The molecule has 1 fully saturated rings. The van der Waals surface area contributed by atoms with Crippen LogP contribution in [0.2, 0.25) is 0 Å². The molecule has 0 spiro atoms. The average Bonchev–Trinajstić information content (AvgIpc) is 2.12. The predicted molar refractivity (Wildman–Crippen MR) is 39.8 cm³/mol. The number of hydrogen-bond donors (Lipinski definition) is 1. The number of aliphatic hydroxyl groups excluding tert-OH is 1. The van der Waals surface area contributed by atoms with E-state index in [1.807, 2.05) is 0 Å². The predicted octanol–water partition coefficient (Wildman–Crippen LogP) is 1.18. The molecule has 1 aliphatic rings. The van der Waals surface area contributed by atoms with E-state index < -0.39 is 0 Å². The van der Waals surface area contributed by atoms with E-state index in [1.54, 1.807) is 0 Å². The van der Waals surface area contributed by atoms with Gasteiger partial charge in [0.2, 0.25) is 0 Å². The number of aliphatic hydroxyl groups is 1. The van der Waals surface area contributed by atoms with Gasteiger partial charge in [0.1, 0.15) is 0 Å². The molecule has 2 nitrogen and oxygen atoms in total. The lowest BCUT2D eigenvalue weighted by molar-refractivity contribution is 0.0345. The van der Waals surface area contributed by atoms with Gasteiger partial charge >= 0.3 is 0 Å². The summed E-state index contributed by atoms with van der Waals surface area (Å²) in [5, 5.41) is 8.64. The summed E-state index contributed by atoms with van der Waals surface area (Å²) in [5.74, 6) is 0.583. The summed E-state index contributed by atoms with van der Waals surface area (Å²) in [6.45, 7) is 5.33. The topological polar surface area (TPSA) is 29.5 Å². The van der Waals surface area contributed by atoms with Crippen LogP contribution < -0.4 is 0 Å². The minimum Gasteiger partial charge on any atom is -0.396 e. The first-order valence-corrected chi connectivity index (χ1v) is 3.89. The minimum absolute atomic E-state index is 0.0554. The van der Waals surface area contributed by atoms with Crippen LogP contribution in [-0.4, -0.2) is 23.9 Å². The highest BCUT2D eigenvalue weighted by molar-refractivity contribution is 4.80. The van der Waals surface area contributed by atoms with E-state index >= 15 is 0 Å². The first-order chi connectivity index (χ1) is 4.64. The van der Waals surface area contributed by atoms with E-state index in [-0.39, 0.29) is 5.60 Å². The van der Waals surface area contributed by atoms with Crippen molar-refractivity contribution in [3.05, 3.63) is 0 Å². The number of ether oxygens (including phenoxy) is 1. The third kappa shape index (κ3) is 1.96. The fourth-order valence-electron chi connectivity index (χ4n) is 1.52. The molecule has 10 heavy (non-hydrogen) atoms. The molecule has 0 aliphatic carbocycles. The molecular weight excluding hydrogens is 128 g/mol. The molecule has 1 atom stereocenters. The fourth-order valence-corrected chi connectivity index (χ4v) is 1.52. The standard InChI is InChI=1S/C8H16O2/c1-8(2)5-7(3-4-9)6-10-8/h7,9H,3-6H2,1-2H3/t7-/m1/s1. The second-order valence-electron chi connectivity index (χ2n) is 3.65. The highest BCUT2D eigenvalue weighted by Gasteiger charge is 2.31. The molecule has 0 radical (unpaired) electrons. The van der Waals surface area contributed by atoms with Crippen molar-refractivity contribution in [1.82, 2.24) is 0 Å². The molecule has 60 valence electrons. The van der Waals surface area contributed by atoms with E-state index in [2.05, 4.69) is 13.8 Å². The number of hydrogen-bond acceptors (Lipinski definition) is 2. The molecule has 1 heterocycles. The Morgan fingerprint density at radius 3 is 2.70 bits per heavy atom. The van der Waals surface area contributed by atoms with Crippen molar-refractivity contribution in [2.45, 2.75) is 32.3 Å². The van der Waals surface area contributed by atoms with Crippen LogP contribution in [0.15, 0.2) is 0 Å². The van der Waals surface area contributed by atoms with E-state index in [1.165, 1.54) is 0 Å². The van der Waals surface area contributed by atoms with Crippen LogP contribution in [0.4, 0.5) is 0 Å². The summed E-state index contributed by atoms with van der Waals surface area (Å²) < 4.78 is 5.49. The first-order valence-electron chi connectivity index (χ1n) is 3.89. The lowest BCUT2D eigenvalue weighted by Gasteiger charge is -2.15. The molecule has 0 unspecified atom stereocenters. The lowest BCUT2D eigenvalue weighted by atomic mass is 9.96. The van der Waals surface area contributed by atoms with Crippen LogP contribution in [-0.2, 0) is 4.74 Å². The van der Waals surface area contributed by atoms with Gasteiger partial charge in [-0.2, -0.15) is 0 Å². The van der Waals surface area contributed by atoms with Crippen molar-refractivity contribution in [3.63, 3.8) is 0 Å². The van der Waals surface area contributed by atoms with Gasteiger partial charge < -0.3 is 9.84 Å². The molecule has 0 aromatic heterocycles. The van der Waals surface area contributed by atoms with Gasteiger partial charge in [0.05, 0.1) is 12.2 Å². The zero-order valence-corrected chi connectivity index (χ0v) is 6.76. The van der Waals surface area contributed by atoms with Crippen molar-refractivity contribution < 1.29 is 9.84 Å². The van der Waals surface area contributed by atoms with Crippen molar-refractivity contribution in [3.8, 4) is 0 Å². The largest absolute Gasteiger partial charge is 0.396 e. The Hall–Kier alpha value is -0.0800. The van der Waals surface area contributed by atoms with Gasteiger partial charge in [-0.25, -0.2) is 0 Å². The molecular formula is C8H16O2. The molecule has 0 aromatic carbocycles. The minimum atomic E-state index is 0.0554. The Morgan fingerprint density at radius 1 is 1.60 bits per heavy atom. The number of rotatable bonds is 2. The second-order valence-corrected chi connectivity index (χ2v) is 3.65. The smallest absolute Gasteiger partial charge is 0.0630 e. The van der Waals surface area contributed by atoms with Crippen molar-refractivity contribution in [2.24, 2.45) is 5.92 Å². The van der Waals surface area contributed by atoms with Gasteiger partial charge in [-0.3, -0.25) is 0 Å². The molecule has 2 heteroatoms. The summed E-state index contributed by atoms with van der Waals surface area (Å²) in [4.78, 5) is 0. The fraction of sp³-hybridized carbons (Fsp3) is 1.00. The van der Waals surface area contributed by atoms with E-state index in [4.69, 9.17) is 9.84 Å². The van der Waals surface area contributed by atoms with Gasteiger partial charge in [-0.15, -0.1) is 0 Å². The molecule has 0 bridgehead atoms. The molecule has 1 aliphatic heterocycles. The summed E-state index contributed by atoms with van der Waals surface area (Å²) in [5.41, 5.74) is 0.0554. The Labute approximate surface area is 62.2 Å². The molecule has 1 N–H and O–H groups in total. The molecule has 0 amide bonds. The normalized spacial score (nSPS) is 30.9. The van der Waals surface area contributed by atoms with Crippen LogP contribution in [0.3, 0.4) is 0 Å². The lowest BCUT2D eigenvalue weighted by Crippen LogP contribution is -2.16. The van der Waals surface area contributed by atoms with Gasteiger partial charge in [0.25, 0.3) is 0 Å². The van der Waals surface area contributed by atoms with E-state index in [0.717, 1.165) is 19.4 Å². The summed E-state index contributed by atoms with van der Waals surface area (Å²) in [6, 6.07) is 0. The van der Waals surface area contributed by atoms with E-state index in [0.29, 0.717) is 12.5 Å². The van der Waals surface area contributed by atoms with Crippen LogP contribution in [0.25, 0.3) is 0 Å². The Balaban J connectivity index is 2.29. The van der Waals surface area contributed by atoms with Crippen LogP contribution in [0.5, 0.6) is 0 Å². The van der Waals surface area contributed by atoms with Crippen LogP contribution in [0, 0.1) is 5.92 Å². The van der Waals surface area contributed by atoms with Gasteiger partial charge in [-0.05, 0) is 32.6 Å². The summed E-state index contributed by atoms with van der Waals surface area (Å²) in [6.07, 6.45) is 1.98. The van der Waals surface area contributed by atoms with Gasteiger partial charge in [0, 0.05) is 6.61 Å². The molecule has 0 aromatic rings. The van der Waals surface area contributed by atoms with Crippen molar-refractivity contribution >= 4 is 0 Å². The van der Waals surface area contributed by atoms with Crippen LogP contribution >= 0.6 is 0 Å². The van der Waals surface area contributed by atoms with E-state index in [9.17, 15) is 0 Å². The highest BCUT2D eigenvalue weighted by Crippen LogP contribution is 2.30. The van der Waals surface area contributed by atoms with Crippen molar-refractivity contribution in [2.75, 3.05) is 13.2 Å². The SMILES string of the molecule is CC1(C)C[C@@H](CCO)CO1. The summed E-state index contributed by atoms with van der Waals surface area (Å²) in [7, 11) is 0. The zero-order valence-electron chi connectivity index (χ0n) is 6.76. The molecule has 1 saturated heterocycles. The Bertz CT molecular complexity index is 110. The van der Waals surface area contributed by atoms with Crippen LogP contribution in [0.1, 0.15) is 26.7 Å².